The number of rotatable bonds is 6. The van der Waals surface area contributed by atoms with Gasteiger partial charge in [-0.05, 0) is 55.5 Å². The van der Waals surface area contributed by atoms with Gasteiger partial charge in [0.2, 0.25) is 5.91 Å². The Kier molecular flexibility index (Phi) is 7.39. The van der Waals surface area contributed by atoms with E-state index < -0.39 is 22.5 Å². The van der Waals surface area contributed by atoms with Crippen molar-refractivity contribution in [3.63, 3.8) is 0 Å². The van der Waals surface area contributed by atoms with E-state index in [2.05, 4.69) is 5.32 Å². The molecule has 10 heteroatoms. The Balaban J connectivity index is 1.99. The standard InChI is InChI=1S/C21H16Cl4N2O3S/c1-13-2-4-20(5-3-13)31(29,30)27(19-10-16(24)7-17(25)11-19)12-21(28)26-18-8-14(22)6-15(23)9-18/h2-11H,12H2,1H3,(H,26,28). The third-order valence-electron chi connectivity index (χ3n) is 4.18. The summed E-state index contributed by atoms with van der Waals surface area (Å²) in [4.78, 5) is 12.8. The molecule has 31 heavy (non-hydrogen) atoms. The van der Waals surface area contributed by atoms with Crippen molar-refractivity contribution in [2.24, 2.45) is 0 Å². The van der Waals surface area contributed by atoms with Gasteiger partial charge in [0.1, 0.15) is 6.54 Å². The zero-order valence-corrected chi connectivity index (χ0v) is 19.9. The monoisotopic (exact) mass is 516 g/mol. The lowest BCUT2D eigenvalue weighted by atomic mass is 10.2. The number of sulfonamides is 1. The van der Waals surface area contributed by atoms with E-state index in [0.29, 0.717) is 15.7 Å². The van der Waals surface area contributed by atoms with Crippen LogP contribution >= 0.6 is 46.4 Å². The molecular weight excluding hydrogens is 502 g/mol. The first-order chi connectivity index (χ1) is 14.5. The second kappa shape index (κ2) is 9.67. The molecule has 0 saturated carbocycles. The van der Waals surface area contributed by atoms with Crippen molar-refractivity contribution >= 4 is 73.7 Å². The van der Waals surface area contributed by atoms with Crippen LogP contribution in [-0.2, 0) is 14.8 Å². The Hall–Kier alpha value is -1.96. The molecule has 3 aromatic rings. The maximum Gasteiger partial charge on any atom is 0.264 e. The van der Waals surface area contributed by atoms with Gasteiger partial charge in [-0.25, -0.2) is 8.42 Å². The summed E-state index contributed by atoms with van der Waals surface area (Å²) in [6, 6.07) is 15.1. The summed E-state index contributed by atoms with van der Waals surface area (Å²) >= 11 is 24.1. The van der Waals surface area contributed by atoms with Crippen LogP contribution in [-0.4, -0.2) is 20.9 Å². The minimum atomic E-state index is -4.10. The van der Waals surface area contributed by atoms with Crippen molar-refractivity contribution in [2.45, 2.75) is 11.8 Å². The van der Waals surface area contributed by atoms with Gasteiger partial charge in [0.05, 0.1) is 10.6 Å². The predicted octanol–water partition coefficient (Wildman–Crippen LogP) is 6.44. The number of halogens is 4. The number of carbonyl (C=O) groups is 1. The molecule has 0 aliphatic heterocycles. The van der Waals surface area contributed by atoms with Crippen LogP contribution < -0.4 is 9.62 Å². The minimum absolute atomic E-state index is 0.0211. The Labute approximate surface area is 200 Å². The highest BCUT2D eigenvalue weighted by molar-refractivity contribution is 7.92. The van der Waals surface area contributed by atoms with Crippen molar-refractivity contribution in [1.29, 1.82) is 0 Å². The molecule has 0 bridgehead atoms. The van der Waals surface area contributed by atoms with Crippen molar-refractivity contribution in [3.05, 3.63) is 86.3 Å². The lowest BCUT2D eigenvalue weighted by molar-refractivity contribution is -0.114. The van der Waals surface area contributed by atoms with Crippen LogP contribution in [0, 0.1) is 6.92 Å². The molecule has 5 nitrogen and oxygen atoms in total. The van der Waals surface area contributed by atoms with E-state index in [0.717, 1.165) is 9.87 Å². The first-order valence-electron chi connectivity index (χ1n) is 8.86. The first-order valence-corrected chi connectivity index (χ1v) is 11.8. The van der Waals surface area contributed by atoms with Crippen LogP contribution in [0.1, 0.15) is 5.56 Å². The van der Waals surface area contributed by atoms with Crippen molar-refractivity contribution < 1.29 is 13.2 Å². The molecule has 0 atom stereocenters. The number of aryl methyl sites for hydroxylation is 1. The second-order valence-electron chi connectivity index (χ2n) is 6.66. The van der Waals surface area contributed by atoms with Gasteiger partial charge in [-0.15, -0.1) is 0 Å². The fourth-order valence-corrected chi connectivity index (χ4v) is 5.24. The normalized spacial score (nSPS) is 11.3. The third kappa shape index (κ3) is 6.05. The Morgan fingerprint density at radius 3 is 1.84 bits per heavy atom. The molecule has 0 aliphatic carbocycles. The zero-order valence-electron chi connectivity index (χ0n) is 16.1. The lowest BCUT2D eigenvalue weighted by Gasteiger charge is -2.24. The predicted molar refractivity (Wildman–Crippen MR) is 127 cm³/mol. The van der Waals surface area contributed by atoms with Crippen molar-refractivity contribution in [3.8, 4) is 0 Å². The number of anilines is 2. The highest BCUT2D eigenvalue weighted by Gasteiger charge is 2.28. The van der Waals surface area contributed by atoms with Crippen LogP contribution in [0.25, 0.3) is 0 Å². The quantitative estimate of drug-likeness (QED) is 0.409. The van der Waals surface area contributed by atoms with E-state index in [4.69, 9.17) is 46.4 Å². The topological polar surface area (TPSA) is 66.5 Å². The minimum Gasteiger partial charge on any atom is -0.324 e. The number of amides is 1. The molecule has 162 valence electrons. The van der Waals surface area contributed by atoms with Gasteiger partial charge in [0.15, 0.2) is 0 Å². The molecule has 3 rings (SSSR count). The average Bonchev–Trinajstić information content (AvgIpc) is 2.64. The van der Waals surface area contributed by atoms with Crippen LogP contribution in [0.4, 0.5) is 11.4 Å². The largest absolute Gasteiger partial charge is 0.324 e. The SMILES string of the molecule is Cc1ccc(S(=O)(=O)N(CC(=O)Nc2cc(Cl)cc(Cl)c2)c2cc(Cl)cc(Cl)c2)cc1. The molecule has 0 spiro atoms. The molecule has 0 aromatic heterocycles. The maximum absolute atomic E-state index is 13.4. The summed E-state index contributed by atoms with van der Waals surface area (Å²) in [6.07, 6.45) is 0. The molecule has 0 radical (unpaired) electrons. The molecule has 0 fully saturated rings. The molecular formula is C21H16Cl4N2O3S. The Morgan fingerprint density at radius 2 is 1.32 bits per heavy atom. The van der Waals surface area contributed by atoms with Crippen molar-refractivity contribution in [2.75, 3.05) is 16.2 Å². The summed E-state index contributed by atoms with van der Waals surface area (Å²) in [6.45, 7) is 1.31. The smallest absolute Gasteiger partial charge is 0.264 e. The molecule has 0 saturated heterocycles. The van der Waals surface area contributed by atoms with Gasteiger partial charge in [-0.3, -0.25) is 9.10 Å². The number of nitrogens with one attached hydrogen (secondary N) is 1. The van der Waals surface area contributed by atoms with E-state index in [1.807, 2.05) is 6.92 Å². The summed E-state index contributed by atoms with van der Waals surface area (Å²) in [5.74, 6) is -0.606. The summed E-state index contributed by atoms with van der Waals surface area (Å²) < 4.78 is 27.7. The molecule has 0 heterocycles. The highest BCUT2D eigenvalue weighted by Crippen LogP contribution is 2.30. The van der Waals surface area contributed by atoms with Gasteiger partial charge >= 0.3 is 0 Å². The highest BCUT2D eigenvalue weighted by atomic mass is 35.5. The van der Waals surface area contributed by atoms with E-state index in [1.165, 1.54) is 48.5 Å². The summed E-state index contributed by atoms with van der Waals surface area (Å²) in [7, 11) is -4.10. The van der Waals surface area contributed by atoms with E-state index in [-0.39, 0.29) is 20.6 Å². The van der Waals surface area contributed by atoms with E-state index >= 15 is 0 Å². The maximum atomic E-state index is 13.4. The molecule has 3 aromatic carbocycles. The van der Waals surface area contributed by atoms with Crippen LogP contribution in [0.3, 0.4) is 0 Å². The number of benzene rings is 3. The molecule has 1 amide bonds. The number of nitrogens with zero attached hydrogens (tertiary/aromatic N) is 1. The number of hydrogen-bond acceptors (Lipinski definition) is 3. The molecule has 0 aliphatic rings. The summed E-state index contributed by atoms with van der Waals surface area (Å²) in [5.41, 5.74) is 1.38. The van der Waals surface area contributed by atoms with Crippen molar-refractivity contribution in [1.82, 2.24) is 0 Å². The third-order valence-corrected chi connectivity index (χ3v) is 6.84. The molecule has 1 N–H and O–H groups in total. The molecule has 0 unspecified atom stereocenters. The van der Waals surface area contributed by atoms with E-state index in [1.54, 1.807) is 12.1 Å². The van der Waals surface area contributed by atoms with Gasteiger partial charge in [0, 0.05) is 25.8 Å². The Bertz CT molecular complexity index is 1190. The first kappa shape index (κ1) is 23.7. The Morgan fingerprint density at radius 1 is 0.839 bits per heavy atom. The fourth-order valence-electron chi connectivity index (χ4n) is 2.79. The fraction of sp³-hybridized carbons (Fsp3) is 0.0952. The van der Waals surface area contributed by atoms with Gasteiger partial charge < -0.3 is 5.32 Å². The van der Waals surface area contributed by atoms with Gasteiger partial charge in [0.25, 0.3) is 10.0 Å². The van der Waals surface area contributed by atoms with Crippen LogP contribution in [0.2, 0.25) is 20.1 Å². The second-order valence-corrected chi connectivity index (χ2v) is 10.3. The van der Waals surface area contributed by atoms with E-state index in [9.17, 15) is 13.2 Å². The van der Waals surface area contributed by atoms with Crippen LogP contribution in [0.5, 0.6) is 0 Å². The average molecular weight is 518 g/mol. The number of hydrogen-bond donors (Lipinski definition) is 1. The zero-order chi connectivity index (χ0) is 22.8. The lowest BCUT2D eigenvalue weighted by Crippen LogP contribution is -2.38. The number of carbonyl (C=O) groups excluding carboxylic acids is 1. The van der Waals surface area contributed by atoms with Crippen LogP contribution in [0.15, 0.2) is 65.6 Å². The van der Waals surface area contributed by atoms with Gasteiger partial charge in [-0.2, -0.15) is 0 Å². The summed E-state index contributed by atoms with van der Waals surface area (Å²) in [5, 5.41) is 3.72. The van der Waals surface area contributed by atoms with Gasteiger partial charge in [-0.1, -0.05) is 64.1 Å².